The minimum Gasteiger partial charge on any atom is -0.426 e. The summed E-state index contributed by atoms with van der Waals surface area (Å²) < 4.78 is 12.3. The Morgan fingerprint density at radius 2 is 1.83 bits per heavy atom. The van der Waals surface area contributed by atoms with E-state index in [-0.39, 0.29) is 17.0 Å². The quantitative estimate of drug-likeness (QED) is 0.612. The van der Waals surface area contributed by atoms with Crippen LogP contribution in [0.15, 0.2) is 11.6 Å². The minimum absolute atomic E-state index is 0.168. The molecule has 0 bridgehead atoms. The number of fused-ring (bicyclic) bond motifs is 3. The molecule has 23 heavy (non-hydrogen) atoms. The van der Waals surface area contributed by atoms with Gasteiger partial charge >= 0.3 is 5.97 Å². The van der Waals surface area contributed by atoms with E-state index in [1.807, 2.05) is 6.92 Å². The number of carbonyl (C=O) groups excluding carboxylic acids is 1. The molecular weight excluding hydrogens is 288 g/mol. The summed E-state index contributed by atoms with van der Waals surface area (Å²) in [4.78, 5) is 11.8. The Balaban J connectivity index is 1.74. The predicted molar refractivity (Wildman–Crippen MR) is 88.6 cm³/mol. The molecule has 2 saturated carbocycles. The van der Waals surface area contributed by atoms with Gasteiger partial charge in [-0.3, -0.25) is 0 Å². The van der Waals surface area contributed by atoms with E-state index in [0.29, 0.717) is 11.3 Å². The summed E-state index contributed by atoms with van der Waals surface area (Å²) in [6.45, 7) is 11.6. The number of ether oxygens (including phenoxy) is 2. The zero-order chi connectivity index (χ0) is 16.7. The fourth-order valence-corrected chi connectivity index (χ4v) is 6.73. The largest absolute Gasteiger partial charge is 0.426 e. The fourth-order valence-electron chi connectivity index (χ4n) is 6.73. The number of hydrogen-bond donors (Lipinski definition) is 0. The van der Waals surface area contributed by atoms with Crippen molar-refractivity contribution in [3.63, 3.8) is 0 Å². The lowest BCUT2D eigenvalue weighted by Gasteiger charge is -2.60. The van der Waals surface area contributed by atoms with E-state index in [2.05, 4.69) is 27.7 Å². The van der Waals surface area contributed by atoms with Crippen molar-refractivity contribution in [2.24, 2.45) is 22.7 Å². The summed E-state index contributed by atoms with van der Waals surface area (Å²) >= 11 is 0. The van der Waals surface area contributed by atoms with Crippen LogP contribution in [0, 0.1) is 22.7 Å². The van der Waals surface area contributed by atoms with Gasteiger partial charge in [-0.05, 0) is 56.3 Å². The maximum absolute atomic E-state index is 11.8. The highest BCUT2D eigenvalue weighted by atomic mass is 16.7. The first-order valence-electron chi connectivity index (χ1n) is 9.23. The summed E-state index contributed by atoms with van der Waals surface area (Å²) in [5, 5.41) is 0. The Labute approximate surface area is 139 Å². The van der Waals surface area contributed by atoms with E-state index in [1.54, 1.807) is 6.08 Å². The van der Waals surface area contributed by atoms with Gasteiger partial charge in [-0.2, -0.15) is 0 Å². The molecule has 1 spiro atoms. The third-order valence-corrected chi connectivity index (χ3v) is 7.81. The van der Waals surface area contributed by atoms with Crippen molar-refractivity contribution < 1.29 is 14.3 Å². The molecule has 4 rings (SSSR count). The van der Waals surface area contributed by atoms with Crippen molar-refractivity contribution in [1.82, 2.24) is 0 Å². The molecule has 0 aromatic carbocycles. The average molecular weight is 318 g/mol. The van der Waals surface area contributed by atoms with E-state index in [0.717, 1.165) is 24.3 Å². The zero-order valence-electron chi connectivity index (χ0n) is 15.2. The van der Waals surface area contributed by atoms with Gasteiger partial charge in [0.15, 0.2) is 0 Å². The fraction of sp³-hybridized carbons (Fsp3) is 0.850. The molecule has 0 aromatic rings. The minimum atomic E-state index is -0.782. The highest BCUT2D eigenvalue weighted by molar-refractivity contribution is 5.86. The molecule has 0 unspecified atom stereocenters. The van der Waals surface area contributed by atoms with Gasteiger partial charge in [0, 0.05) is 24.0 Å². The van der Waals surface area contributed by atoms with Gasteiger partial charge in [-0.1, -0.05) is 27.2 Å². The molecule has 3 heteroatoms. The smallest absolute Gasteiger partial charge is 0.333 e. The highest BCUT2D eigenvalue weighted by Crippen LogP contribution is 2.68. The Kier molecular flexibility index (Phi) is 3.01. The van der Waals surface area contributed by atoms with E-state index in [4.69, 9.17) is 9.47 Å². The lowest BCUT2D eigenvalue weighted by molar-refractivity contribution is -0.226. The van der Waals surface area contributed by atoms with Crippen LogP contribution >= 0.6 is 0 Å². The van der Waals surface area contributed by atoms with Crippen molar-refractivity contribution in [3.05, 3.63) is 11.6 Å². The summed E-state index contributed by atoms with van der Waals surface area (Å²) in [5.41, 5.74) is 1.47. The third kappa shape index (κ3) is 1.95. The standard InChI is InChI=1S/C20H30O3/c1-13-11-16(21)22-20(13)12-15-18(4)9-6-8-17(2,3)14(18)7-10-19(15,5)23-20/h11,14-15H,6-10,12H2,1-5H3/t14-,15+,18-,19+,20-/m0/s1. The van der Waals surface area contributed by atoms with Crippen molar-refractivity contribution in [2.45, 2.75) is 84.5 Å². The lowest BCUT2D eigenvalue weighted by atomic mass is 9.45. The monoisotopic (exact) mass is 318 g/mol. The van der Waals surface area contributed by atoms with Crippen LogP contribution in [0.2, 0.25) is 0 Å². The average Bonchev–Trinajstić information content (AvgIpc) is 2.86. The van der Waals surface area contributed by atoms with Crippen LogP contribution in [0.4, 0.5) is 0 Å². The maximum Gasteiger partial charge on any atom is 0.333 e. The van der Waals surface area contributed by atoms with Crippen LogP contribution in [0.25, 0.3) is 0 Å². The van der Waals surface area contributed by atoms with Crippen molar-refractivity contribution in [1.29, 1.82) is 0 Å². The molecule has 0 N–H and O–H groups in total. The molecule has 0 aromatic heterocycles. The predicted octanol–water partition coefficient (Wildman–Crippen LogP) is 4.61. The highest BCUT2D eigenvalue weighted by Gasteiger charge is 2.67. The molecule has 128 valence electrons. The summed E-state index contributed by atoms with van der Waals surface area (Å²) in [7, 11) is 0. The first-order valence-corrected chi connectivity index (χ1v) is 9.23. The number of carbonyl (C=O) groups is 1. The molecule has 3 fully saturated rings. The molecule has 5 atom stereocenters. The summed E-state index contributed by atoms with van der Waals surface area (Å²) in [5.74, 6) is 0.177. The van der Waals surface area contributed by atoms with Crippen LogP contribution in [0.3, 0.4) is 0 Å². The number of rotatable bonds is 0. The van der Waals surface area contributed by atoms with Gasteiger partial charge in [0.2, 0.25) is 5.79 Å². The van der Waals surface area contributed by atoms with Gasteiger partial charge < -0.3 is 9.47 Å². The molecule has 2 aliphatic heterocycles. The van der Waals surface area contributed by atoms with E-state index >= 15 is 0 Å². The third-order valence-electron chi connectivity index (χ3n) is 7.81. The second-order valence-corrected chi connectivity index (χ2v) is 9.61. The summed E-state index contributed by atoms with van der Waals surface area (Å²) in [6, 6.07) is 0. The van der Waals surface area contributed by atoms with Gasteiger partial charge in [0.05, 0.1) is 5.60 Å². The second kappa shape index (κ2) is 4.41. The number of esters is 1. The van der Waals surface area contributed by atoms with E-state index < -0.39 is 5.79 Å². The molecule has 2 aliphatic carbocycles. The summed E-state index contributed by atoms with van der Waals surface area (Å²) in [6.07, 6.45) is 8.66. The Hall–Kier alpha value is -0.830. The van der Waals surface area contributed by atoms with Crippen molar-refractivity contribution in [2.75, 3.05) is 0 Å². The second-order valence-electron chi connectivity index (χ2n) is 9.61. The van der Waals surface area contributed by atoms with Crippen LogP contribution in [0.5, 0.6) is 0 Å². The molecule has 0 radical (unpaired) electrons. The SMILES string of the molecule is CC1=CC(=O)O[C@]12C[C@@H]1[C@@]3(C)CCCC(C)(C)[C@@H]3CC[C@@]1(C)O2. The Bertz CT molecular complexity index is 592. The molecule has 1 saturated heterocycles. The molecule has 3 nitrogen and oxygen atoms in total. The Morgan fingerprint density at radius 1 is 1.09 bits per heavy atom. The van der Waals surface area contributed by atoms with E-state index in [1.165, 1.54) is 25.7 Å². The van der Waals surface area contributed by atoms with Crippen molar-refractivity contribution >= 4 is 5.97 Å². The Morgan fingerprint density at radius 3 is 2.48 bits per heavy atom. The van der Waals surface area contributed by atoms with Crippen LogP contribution < -0.4 is 0 Å². The zero-order valence-corrected chi connectivity index (χ0v) is 15.2. The van der Waals surface area contributed by atoms with Gasteiger partial charge in [-0.15, -0.1) is 0 Å². The van der Waals surface area contributed by atoms with Gasteiger partial charge in [0.1, 0.15) is 0 Å². The first-order chi connectivity index (χ1) is 10.6. The van der Waals surface area contributed by atoms with Crippen LogP contribution in [-0.2, 0) is 14.3 Å². The first kappa shape index (κ1) is 15.7. The number of hydrogen-bond acceptors (Lipinski definition) is 3. The van der Waals surface area contributed by atoms with Crippen molar-refractivity contribution in [3.8, 4) is 0 Å². The molecular formula is C20H30O3. The van der Waals surface area contributed by atoms with E-state index in [9.17, 15) is 4.79 Å². The molecule has 4 aliphatic rings. The molecule has 2 heterocycles. The van der Waals surface area contributed by atoms with Crippen LogP contribution in [0.1, 0.15) is 73.1 Å². The topological polar surface area (TPSA) is 35.5 Å². The molecule has 0 amide bonds. The van der Waals surface area contributed by atoms with Gasteiger partial charge in [-0.25, -0.2) is 4.79 Å². The van der Waals surface area contributed by atoms with Crippen LogP contribution in [-0.4, -0.2) is 17.4 Å². The maximum atomic E-state index is 11.8. The van der Waals surface area contributed by atoms with Gasteiger partial charge in [0.25, 0.3) is 0 Å². The normalized spacial score (nSPS) is 51.2. The lowest BCUT2D eigenvalue weighted by Crippen LogP contribution is -2.55.